The Morgan fingerprint density at radius 1 is 0.938 bits per heavy atom. The van der Waals surface area contributed by atoms with Crippen LogP contribution in [0.15, 0.2) is 53.3 Å². The number of alkyl halides is 3. The van der Waals surface area contributed by atoms with E-state index in [-0.39, 0.29) is 5.56 Å². The van der Waals surface area contributed by atoms with Gasteiger partial charge in [-0.2, -0.15) is 18.3 Å². The minimum atomic E-state index is -4.31. The Labute approximate surface area is 184 Å². The Kier molecular flexibility index (Phi) is 6.74. The van der Waals surface area contributed by atoms with Crippen LogP contribution in [0.25, 0.3) is 0 Å². The van der Waals surface area contributed by atoms with Gasteiger partial charge < -0.3 is 5.32 Å². The van der Waals surface area contributed by atoms with E-state index in [0.29, 0.717) is 31.5 Å². The van der Waals surface area contributed by atoms with Gasteiger partial charge in [0.15, 0.2) is 0 Å². The molecule has 1 heterocycles. The number of fused-ring (bicyclic) bond motifs is 1. The number of aromatic amines is 1. The highest BCUT2D eigenvalue weighted by atomic mass is 19.4. The third-order valence-electron chi connectivity index (χ3n) is 5.95. The van der Waals surface area contributed by atoms with E-state index in [1.807, 2.05) is 12.1 Å². The van der Waals surface area contributed by atoms with E-state index >= 15 is 0 Å². The highest BCUT2D eigenvalue weighted by Crippen LogP contribution is 2.29. The van der Waals surface area contributed by atoms with Crippen LogP contribution in [0, 0.1) is 0 Å². The molecule has 0 spiro atoms. The molecule has 0 saturated carbocycles. The zero-order valence-corrected chi connectivity index (χ0v) is 17.8. The molecule has 1 aliphatic carbocycles. The van der Waals surface area contributed by atoms with Gasteiger partial charge in [0.25, 0.3) is 5.56 Å². The van der Waals surface area contributed by atoms with Crippen molar-refractivity contribution in [1.29, 1.82) is 0 Å². The van der Waals surface area contributed by atoms with Gasteiger partial charge in [-0.3, -0.25) is 4.79 Å². The lowest BCUT2D eigenvalue weighted by molar-refractivity contribution is -0.137. The van der Waals surface area contributed by atoms with Crippen LogP contribution in [0.3, 0.4) is 0 Å². The van der Waals surface area contributed by atoms with Crippen LogP contribution in [0.1, 0.15) is 51.9 Å². The molecule has 0 aliphatic heterocycles. The number of rotatable bonds is 7. The quantitative estimate of drug-likeness (QED) is 0.528. The van der Waals surface area contributed by atoms with E-state index in [4.69, 9.17) is 0 Å². The van der Waals surface area contributed by atoms with Crippen molar-refractivity contribution in [3.63, 3.8) is 0 Å². The molecule has 0 atom stereocenters. The van der Waals surface area contributed by atoms with Crippen LogP contribution < -0.4 is 10.9 Å². The number of nitrogens with one attached hydrogen (secondary N) is 2. The molecule has 3 aromatic rings. The number of hydrogen-bond donors (Lipinski definition) is 2. The summed E-state index contributed by atoms with van der Waals surface area (Å²) in [5.41, 5.74) is 5.19. The Morgan fingerprint density at radius 3 is 2.41 bits per heavy atom. The molecule has 7 heteroatoms. The molecule has 2 aromatic carbocycles. The van der Waals surface area contributed by atoms with Crippen molar-refractivity contribution in [3.05, 3.63) is 98.0 Å². The van der Waals surface area contributed by atoms with Gasteiger partial charge >= 0.3 is 6.18 Å². The zero-order valence-electron chi connectivity index (χ0n) is 17.8. The van der Waals surface area contributed by atoms with Gasteiger partial charge in [0.2, 0.25) is 0 Å². The van der Waals surface area contributed by atoms with Crippen LogP contribution in [0.2, 0.25) is 0 Å². The van der Waals surface area contributed by atoms with Crippen molar-refractivity contribution in [2.75, 3.05) is 6.54 Å². The summed E-state index contributed by atoms with van der Waals surface area (Å²) < 4.78 is 38.4. The summed E-state index contributed by atoms with van der Waals surface area (Å²) in [4.78, 5) is 12.0. The van der Waals surface area contributed by atoms with Crippen molar-refractivity contribution in [3.8, 4) is 0 Å². The minimum absolute atomic E-state index is 0.0602. The molecule has 4 rings (SSSR count). The fraction of sp³-hybridized carbons (Fsp3) is 0.360. The van der Waals surface area contributed by atoms with Crippen LogP contribution in [-0.4, -0.2) is 16.7 Å². The summed E-state index contributed by atoms with van der Waals surface area (Å²) in [5.74, 6) is 0. The maximum atomic E-state index is 12.8. The van der Waals surface area contributed by atoms with E-state index < -0.39 is 11.7 Å². The highest BCUT2D eigenvalue weighted by molar-refractivity contribution is 5.34. The number of nitrogens with zero attached hydrogens (tertiary/aromatic N) is 1. The Hall–Kier alpha value is -2.93. The van der Waals surface area contributed by atoms with E-state index in [1.54, 1.807) is 6.07 Å². The largest absolute Gasteiger partial charge is 0.416 e. The molecule has 0 fully saturated rings. The van der Waals surface area contributed by atoms with Gasteiger partial charge in [0.1, 0.15) is 0 Å². The topological polar surface area (TPSA) is 57.8 Å². The minimum Gasteiger partial charge on any atom is -0.312 e. The predicted molar refractivity (Wildman–Crippen MR) is 118 cm³/mol. The van der Waals surface area contributed by atoms with E-state index in [1.165, 1.54) is 12.1 Å². The van der Waals surface area contributed by atoms with E-state index in [0.717, 1.165) is 59.7 Å². The van der Waals surface area contributed by atoms with Crippen LogP contribution in [0.5, 0.6) is 0 Å². The summed E-state index contributed by atoms with van der Waals surface area (Å²) >= 11 is 0. The molecule has 1 aliphatic rings. The molecule has 0 radical (unpaired) electrons. The van der Waals surface area contributed by atoms with Gasteiger partial charge in [0.05, 0.1) is 11.3 Å². The molecular weight excluding hydrogens is 415 g/mol. The van der Waals surface area contributed by atoms with Crippen molar-refractivity contribution in [2.24, 2.45) is 0 Å². The summed E-state index contributed by atoms with van der Waals surface area (Å²) in [6.07, 6.45) is 0.786. The van der Waals surface area contributed by atoms with Gasteiger partial charge in [0, 0.05) is 18.5 Å². The van der Waals surface area contributed by atoms with Crippen LogP contribution >= 0.6 is 0 Å². The molecule has 2 N–H and O–H groups in total. The summed E-state index contributed by atoms with van der Waals surface area (Å²) in [7, 11) is 0. The first-order chi connectivity index (χ1) is 15.4. The standard InChI is InChI=1S/C25H26F3N3O/c26-25(27,28)20-5-3-4-17(14-20)12-13-29-16-19-10-8-18(9-11-19)15-23-21-6-1-2-7-22(21)24(32)31-30-23/h3-5,8-11,14,29H,1-2,6-7,12-13,15-16H2,(H,31,32). The van der Waals surface area contributed by atoms with Crippen molar-refractivity contribution in [1.82, 2.24) is 15.5 Å². The first kappa shape index (κ1) is 22.3. The smallest absolute Gasteiger partial charge is 0.312 e. The first-order valence-electron chi connectivity index (χ1n) is 10.9. The maximum Gasteiger partial charge on any atom is 0.416 e. The first-order valence-corrected chi connectivity index (χ1v) is 10.9. The van der Waals surface area contributed by atoms with Crippen LogP contribution in [-0.2, 0) is 38.4 Å². The SMILES string of the molecule is O=c1[nH]nc(Cc2ccc(CNCCc3cccc(C(F)(F)F)c3)cc2)c2c1CCCC2. The van der Waals surface area contributed by atoms with Gasteiger partial charge in [-0.15, -0.1) is 0 Å². The van der Waals surface area contributed by atoms with Crippen molar-refractivity contribution >= 4 is 0 Å². The molecule has 0 amide bonds. The second-order valence-corrected chi connectivity index (χ2v) is 8.28. The lowest BCUT2D eigenvalue weighted by Gasteiger charge is -2.17. The average molecular weight is 441 g/mol. The van der Waals surface area contributed by atoms with Gasteiger partial charge in [-0.1, -0.05) is 42.5 Å². The molecule has 4 nitrogen and oxygen atoms in total. The molecule has 1 aromatic heterocycles. The second-order valence-electron chi connectivity index (χ2n) is 8.28. The molecule has 0 saturated heterocycles. The monoisotopic (exact) mass is 441 g/mol. The summed E-state index contributed by atoms with van der Waals surface area (Å²) in [5, 5.41) is 10.2. The van der Waals surface area contributed by atoms with Gasteiger partial charge in [-0.25, -0.2) is 5.10 Å². The number of benzene rings is 2. The number of halogens is 3. The van der Waals surface area contributed by atoms with E-state index in [2.05, 4.69) is 27.6 Å². The average Bonchev–Trinajstić information content (AvgIpc) is 2.79. The molecule has 32 heavy (non-hydrogen) atoms. The Balaban J connectivity index is 1.30. The summed E-state index contributed by atoms with van der Waals surface area (Å²) in [6.45, 7) is 1.24. The Morgan fingerprint density at radius 2 is 1.66 bits per heavy atom. The van der Waals surface area contributed by atoms with Crippen LogP contribution in [0.4, 0.5) is 13.2 Å². The zero-order chi connectivity index (χ0) is 22.6. The highest BCUT2D eigenvalue weighted by Gasteiger charge is 2.30. The van der Waals surface area contributed by atoms with Crippen molar-refractivity contribution in [2.45, 2.75) is 51.2 Å². The number of aromatic nitrogens is 2. The van der Waals surface area contributed by atoms with Crippen molar-refractivity contribution < 1.29 is 13.2 Å². The predicted octanol–water partition coefficient (Wildman–Crippen LogP) is 4.59. The fourth-order valence-electron chi connectivity index (χ4n) is 4.21. The van der Waals surface area contributed by atoms with E-state index in [9.17, 15) is 18.0 Å². The summed E-state index contributed by atoms with van der Waals surface area (Å²) in [6, 6.07) is 13.7. The third kappa shape index (κ3) is 5.46. The third-order valence-corrected chi connectivity index (χ3v) is 5.95. The molecule has 0 unspecified atom stereocenters. The second kappa shape index (κ2) is 9.69. The lowest BCUT2D eigenvalue weighted by atomic mass is 9.90. The fourth-order valence-corrected chi connectivity index (χ4v) is 4.21. The molecular formula is C25H26F3N3O. The normalized spacial score (nSPS) is 13.7. The molecule has 0 bridgehead atoms. The maximum absolute atomic E-state index is 12.8. The number of hydrogen-bond acceptors (Lipinski definition) is 3. The Bertz CT molecular complexity index is 1120. The number of H-pyrrole nitrogens is 1. The molecule has 168 valence electrons. The van der Waals surface area contributed by atoms with Gasteiger partial charge in [-0.05, 0) is 67.0 Å². The lowest BCUT2D eigenvalue weighted by Crippen LogP contribution is -2.23.